The fraction of sp³-hybridized carbons (Fsp3) is 0.0714. The molecular weight excluding hydrogens is 367 g/mol. The van der Waals surface area contributed by atoms with Crippen molar-refractivity contribution in [1.82, 2.24) is 15.8 Å². The number of halogens is 1. The molecule has 0 saturated carbocycles. The average Bonchev–Trinajstić information content (AvgIpc) is 2.48. The molecule has 0 atom stereocenters. The molecule has 2 rings (SSSR count). The van der Waals surface area contributed by atoms with Gasteiger partial charge in [-0.3, -0.25) is 20.2 Å². The third kappa shape index (κ3) is 5.06. The van der Waals surface area contributed by atoms with Crippen molar-refractivity contribution in [3.05, 3.63) is 57.9 Å². The Morgan fingerprint density at radius 1 is 1.20 bits per heavy atom. The third-order valence-corrected chi connectivity index (χ3v) is 3.13. The van der Waals surface area contributed by atoms with Gasteiger partial charge in [-0.05, 0) is 64.6 Å². The van der Waals surface area contributed by atoms with Gasteiger partial charge in [0.1, 0.15) is 0 Å². The van der Waals surface area contributed by atoms with Crippen LogP contribution in [-0.4, -0.2) is 17.1 Å². The minimum absolute atomic E-state index is 0.294. The van der Waals surface area contributed by atoms with Gasteiger partial charge in [0.2, 0.25) is 0 Å². The number of hydrogen-bond acceptors (Lipinski definition) is 4. The number of nitrogens with one attached hydrogen (secondary N) is 2. The van der Waals surface area contributed by atoms with Gasteiger partial charge in [0.05, 0.1) is 11.9 Å². The monoisotopic (exact) mass is 380 g/mol. The second kappa shape index (κ2) is 7.71. The first-order chi connectivity index (χ1) is 9.74. The number of carbonyl (C=O) groups is 1. The lowest BCUT2D eigenvalue weighted by Crippen LogP contribution is -2.37. The molecule has 20 heavy (non-hydrogen) atoms. The molecule has 0 spiro atoms. The Kier molecular flexibility index (Phi) is 5.63. The van der Waals surface area contributed by atoms with E-state index in [2.05, 4.69) is 43.4 Å². The van der Waals surface area contributed by atoms with Crippen LogP contribution < -0.4 is 10.9 Å². The number of amides is 1. The predicted molar refractivity (Wildman–Crippen MR) is 86.5 cm³/mol. The molecular formula is C14H13IN4O. The smallest absolute Gasteiger partial charge is 0.276 e. The van der Waals surface area contributed by atoms with Crippen LogP contribution in [0.25, 0.3) is 0 Å². The molecule has 1 aromatic carbocycles. The maximum atomic E-state index is 11.5. The normalized spacial score (nSPS) is 10.7. The van der Waals surface area contributed by atoms with Crippen molar-refractivity contribution in [1.29, 1.82) is 0 Å². The lowest BCUT2D eigenvalue weighted by atomic mass is 10.3. The number of carbonyl (C=O) groups excluding carboxylic acids is 1. The van der Waals surface area contributed by atoms with Crippen LogP contribution in [-0.2, 0) is 11.3 Å². The van der Waals surface area contributed by atoms with Crippen molar-refractivity contribution in [3.63, 3.8) is 0 Å². The summed E-state index contributed by atoms with van der Waals surface area (Å²) in [4.78, 5) is 19.5. The zero-order valence-corrected chi connectivity index (χ0v) is 12.7. The van der Waals surface area contributed by atoms with Crippen molar-refractivity contribution < 1.29 is 4.79 Å². The zero-order chi connectivity index (χ0) is 14.2. The molecule has 0 aliphatic heterocycles. The van der Waals surface area contributed by atoms with E-state index in [1.165, 1.54) is 6.21 Å². The van der Waals surface area contributed by atoms with E-state index >= 15 is 0 Å². The number of rotatable bonds is 5. The van der Waals surface area contributed by atoms with Gasteiger partial charge in [-0.25, -0.2) is 5.43 Å². The van der Waals surface area contributed by atoms with E-state index < -0.39 is 0 Å². The quantitative estimate of drug-likeness (QED) is 0.475. The van der Waals surface area contributed by atoms with E-state index in [9.17, 15) is 4.79 Å². The van der Waals surface area contributed by atoms with Crippen LogP contribution in [0.4, 0.5) is 5.69 Å². The highest BCUT2D eigenvalue weighted by Crippen LogP contribution is 2.13. The molecule has 0 aliphatic rings. The van der Waals surface area contributed by atoms with Gasteiger partial charge in [0.15, 0.2) is 0 Å². The number of aromatic nitrogens is 1. The molecule has 0 aliphatic carbocycles. The van der Waals surface area contributed by atoms with E-state index in [0.717, 1.165) is 14.8 Å². The second-order valence-electron chi connectivity index (χ2n) is 3.93. The van der Waals surface area contributed by atoms with Gasteiger partial charge in [-0.2, -0.15) is 0 Å². The van der Waals surface area contributed by atoms with E-state index in [4.69, 9.17) is 0 Å². The molecule has 2 aromatic rings. The van der Waals surface area contributed by atoms with Gasteiger partial charge in [-0.1, -0.05) is 0 Å². The fourth-order valence-electron chi connectivity index (χ4n) is 1.43. The summed E-state index contributed by atoms with van der Waals surface area (Å²) in [5, 5.41) is 0. The topological polar surface area (TPSA) is 66.4 Å². The molecule has 0 saturated heterocycles. The first kappa shape index (κ1) is 14.6. The number of benzene rings is 1. The Balaban J connectivity index is 1.76. The minimum Gasteiger partial charge on any atom is -0.286 e. The highest BCUT2D eigenvalue weighted by molar-refractivity contribution is 14.1. The number of pyridine rings is 1. The van der Waals surface area contributed by atoms with Gasteiger partial charge in [0, 0.05) is 22.5 Å². The summed E-state index contributed by atoms with van der Waals surface area (Å²) in [5.41, 5.74) is 7.16. The van der Waals surface area contributed by atoms with Crippen molar-refractivity contribution in [2.45, 2.75) is 6.54 Å². The number of hydrazine groups is 1. The van der Waals surface area contributed by atoms with Crippen LogP contribution in [0.5, 0.6) is 0 Å². The predicted octanol–water partition coefficient (Wildman–Crippen LogP) is 2.21. The molecule has 0 unspecified atom stereocenters. The molecule has 2 N–H and O–H groups in total. The van der Waals surface area contributed by atoms with Crippen molar-refractivity contribution in [3.8, 4) is 0 Å². The first-order valence-electron chi connectivity index (χ1n) is 5.95. The largest absolute Gasteiger partial charge is 0.286 e. The van der Waals surface area contributed by atoms with Crippen LogP contribution >= 0.6 is 22.6 Å². The molecule has 1 amide bonds. The fourth-order valence-corrected chi connectivity index (χ4v) is 1.79. The lowest BCUT2D eigenvalue weighted by Gasteiger charge is -2.04. The van der Waals surface area contributed by atoms with Crippen molar-refractivity contribution >= 4 is 40.4 Å². The van der Waals surface area contributed by atoms with Crippen LogP contribution in [0.3, 0.4) is 0 Å². The molecule has 1 aromatic heterocycles. The molecule has 5 nitrogen and oxygen atoms in total. The zero-order valence-electron chi connectivity index (χ0n) is 10.6. The van der Waals surface area contributed by atoms with E-state index in [0.29, 0.717) is 6.54 Å². The summed E-state index contributed by atoms with van der Waals surface area (Å²) in [6, 6.07) is 11.3. The number of aliphatic imine (C=N–C) groups is 1. The molecule has 0 bridgehead atoms. The van der Waals surface area contributed by atoms with E-state index in [1.54, 1.807) is 12.4 Å². The Bertz CT molecular complexity index is 584. The lowest BCUT2D eigenvalue weighted by molar-refractivity contribution is -0.115. The summed E-state index contributed by atoms with van der Waals surface area (Å²) in [7, 11) is 0. The Labute approximate surface area is 130 Å². The van der Waals surface area contributed by atoms with E-state index in [-0.39, 0.29) is 5.91 Å². The molecule has 0 fully saturated rings. The molecule has 1 heterocycles. The van der Waals surface area contributed by atoms with Gasteiger partial charge in [0.25, 0.3) is 5.91 Å². The maximum Gasteiger partial charge on any atom is 0.276 e. The summed E-state index contributed by atoms with van der Waals surface area (Å²) in [5.74, 6) is -0.294. The van der Waals surface area contributed by atoms with Crippen molar-refractivity contribution in [2.24, 2.45) is 4.99 Å². The summed E-state index contributed by atoms with van der Waals surface area (Å²) in [6.45, 7) is 0.533. The van der Waals surface area contributed by atoms with Gasteiger partial charge >= 0.3 is 0 Å². The maximum absolute atomic E-state index is 11.5. The van der Waals surface area contributed by atoms with Gasteiger partial charge in [-0.15, -0.1) is 0 Å². The Hall–Kier alpha value is -1.80. The summed E-state index contributed by atoms with van der Waals surface area (Å²) in [6.07, 6.45) is 4.66. The highest BCUT2D eigenvalue weighted by Gasteiger charge is 1.96. The SMILES string of the molecule is O=C(C=Nc1ccc(I)cc1)NNCc1ccncc1. The van der Waals surface area contributed by atoms with Gasteiger partial charge < -0.3 is 0 Å². The first-order valence-corrected chi connectivity index (χ1v) is 7.03. The van der Waals surface area contributed by atoms with E-state index in [1.807, 2.05) is 36.4 Å². The number of nitrogens with zero attached hydrogens (tertiary/aromatic N) is 2. The van der Waals surface area contributed by atoms with Crippen molar-refractivity contribution in [2.75, 3.05) is 0 Å². The molecule has 0 radical (unpaired) electrons. The van der Waals surface area contributed by atoms with Crippen LogP contribution in [0.2, 0.25) is 0 Å². The third-order valence-electron chi connectivity index (χ3n) is 2.41. The Morgan fingerprint density at radius 2 is 1.90 bits per heavy atom. The highest BCUT2D eigenvalue weighted by atomic mass is 127. The standard InChI is InChI=1S/C14H13IN4O/c15-12-1-3-13(4-2-12)17-10-14(20)19-18-9-11-5-7-16-8-6-11/h1-8,10,18H,9H2,(H,19,20). The van der Waals surface area contributed by atoms with Crippen LogP contribution in [0, 0.1) is 3.57 Å². The minimum atomic E-state index is -0.294. The second-order valence-corrected chi connectivity index (χ2v) is 5.18. The van der Waals surface area contributed by atoms with Crippen LogP contribution in [0.15, 0.2) is 53.8 Å². The molecule has 102 valence electrons. The Morgan fingerprint density at radius 3 is 2.60 bits per heavy atom. The number of hydrogen-bond donors (Lipinski definition) is 2. The molecule has 6 heteroatoms. The summed E-state index contributed by atoms with van der Waals surface area (Å²) < 4.78 is 1.13. The average molecular weight is 380 g/mol. The summed E-state index contributed by atoms with van der Waals surface area (Å²) >= 11 is 2.22. The van der Waals surface area contributed by atoms with Crippen LogP contribution in [0.1, 0.15) is 5.56 Å².